The number of fused-ring (bicyclic) bond motifs is 1. The predicted molar refractivity (Wildman–Crippen MR) is 77.9 cm³/mol. The molecule has 0 unspecified atom stereocenters. The number of aromatic nitrogens is 3. The van der Waals surface area contributed by atoms with Crippen molar-refractivity contribution < 1.29 is 4.52 Å². The van der Waals surface area contributed by atoms with Crippen LogP contribution >= 0.6 is 0 Å². The standard InChI is InChI=1S/C15H20N4O2/c1-10(2)19-15(20)7-12-8-18(5-4-14(12)16-19)9-13-6-11(3)21-17-13/h6-7,10H,4-5,8-9H2,1-3H3. The Kier molecular flexibility index (Phi) is 3.63. The molecule has 6 nitrogen and oxygen atoms in total. The van der Waals surface area contributed by atoms with Gasteiger partial charge in [-0.15, -0.1) is 0 Å². The highest BCUT2D eigenvalue weighted by Gasteiger charge is 2.20. The highest BCUT2D eigenvalue weighted by Crippen LogP contribution is 2.18. The molecule has 21 heavy (non-hydrogen) atoms. The lowest BCUT2D eigenvalue weighted by molar-refractivity contribution is 0.232. The lowest BCUT2D eigenvalue weighted by Crippen LogP contribution is -2.35. The van der Waals surface area contributed by atoms with E-state index in [0.717, 1.165) is 48.8 Å². The second kappa shape index (κ2) is 5.44. The molecule has 0 N–H and O–H groups in total. The summed E-state index contributed by atoms with van der Waals surface area (Å²) in [4.78, 5) is 14.3. The molecule has 1 aliphatic heterocycles. The van der Waals surface area contributed by atoms with E-state index in [-0.39, 0.29) is 11.6 Å². The van der Waals surface area contributed by atoms with Crippen LogP contribution < -0.4 is 5.56 Å². The van der Waals surface area contributed by atoms with Crippen LogP contribution in [0.1, 0.15) is 42.6 Å². The minimum absolute atomic E-state index is 0.0251. The summed E-state index contributed by atoms with van der Waals surface area (Å²) < 4.78 is 6.66. The summed E-state index contributed by atoms with van der Waals surface area (Å²) in [6.07, 6.45) is 0.860. The van der Waals surface area contributed by atoms with Crippen LogP contribution in [0.15, 0.2) is 21.5 Å². The minimum atomic E-state index is -0.0251. The maximum atomic E-state index is 12.1. The lowest BCUT2D eigenvalue weighted by Gasteiger charge is -2.27. The molecule has 0 radical (unpaired) electrons. The SMILES string of the molecule is Cc1cc(CN2CCc3nn(C(C)C)c(=O)cc3C2)no1. The van der Waals surface area contributed by atoms with Gasteiger partial charge in [-0.25, -0.2) is 4.68 Å². The summed E-state index contributed by atoms with van der Waals surface area (Å²) in [5.74, 6) is 0.823. The summed E-state index contributed by atoms with van der Waals surface area (Å²) in [6, 6.07) is 3.77. The Morgan fingerprint density at radius 3 is 2.86 bits per heavy atom. The molecule has 3 heterocycles. The molecule has 0 saturated carbocycles. The molecule has 3 rings (SSSR count). The van der Waals surface area contributed by atoms with Crippen LogP contribution in [-0.4, -0.2) is 26.4 Å². The van der Waals surface area contributed by atoms with Crippen LogP contribution in [0.2, 0.25) is 0 Å². The van der Waals surface area contributed by atoms with Gasteiger partial charge in [-0.05, 0) is 26.3 Å². The van der Waals surface area contributed by atoms with Gasteiger partial charge < -0.3 is 4.52 Å². The molecule has 112 valence electrons. The molecule has 0 fully saturated rings. The molecule has 0 aromatic carbocycles. The first kappa shape index (κ1) is 14.0. The van der Waals surface area contributed by atoms with Gasteiger partial charge >= 0.3 is 0 Å². The molecule has 2 aromatic heterocycles. The molecule has 0 aliphatic carbocycles. The van der Waals surface area contributed by atoms with E-state index in [2.05, 4.69) is 15.2 Å². The Morgan fingerprint density at radius 2 is 2.19 bits per heavy atom. The van der Waals surface area contributed by atoms with E-state index in [1.807, 2.05) is 26.8 Å². The van der Waals surface area contributed by atoms with Gasteiger partial charge in [0.05, 0.1) is 17.4 Å². The van der Waals surface area contributed by atoms with E-state index in [4.69, 9.17) is 4.52 Å². The van der Waals surface area contributed by atoms with E-state index in [9.17, 15) is 4.79 Å². The van der Waals surface area contributed by atoms with Gasteiger partial charge in [-0.3, -0.25) is 9.69 Å². The molecule has 0 spiro atoms. The molecule has 0 bridgehead atoms. The van der Waals surface area contributed by atoms with E-state index >= 15 is 0 Å². The van der Waals surface area contributed by atoms with E-state index in [1.165, 1.54) is 0 Å². The fourth-order valence-corrected chi connectivity index (χ4v) is 2.70. The van der Waals surface area contributed by atoms with Crippen LogP contribution in [-0.2, 0) is 19.5 Å². The van der Waals surface area contributed by atoms with Crippen molar-refractivity contribution >= 4 is 0 Å². The zero-order valence-corrected chi connectivity index (χ0v) is 12.7. The normalized spacial score (nSPS) is 15.4. The summed E-state index contributed by atoms with van der Waals surface area (Å²) in [7, 11) is 0. The zero-order valence-electron chi connectivity index (χ0n) is 12.7. The van der Waals surface area contributed by atoms with Gasteiger partial charge in [-0.1, -0.05) is 5.16 Å². The molecule has 0 saturated heterocycles. The summed E-state index contributed by atoms with van der Waals surface area (Å²) in [6.45, 7) is 8.24. The van der Waals surface area contributed by atoms with Crippen molar-refractivity contribution in [3.63, 3.8) is 0 Å². The zero-order chi connectivity index (χ0) is 15.0. The van der Waals surface area contributed by atoms with Crippen molar-refractivity contribution in [2.75, 3.05) is 6.54 Å². The van der Waals surface area contributed by atoms with Crippen molar-refractivity contribution in [3.8, 4) is 0 Å². The first-order chi connectivity index (χ1) is 10.0. The third-order valence-corrected chi connectivity index (χ3v) is 3.73. The number of rotatable bonds is 3. The monoisotopic (exact) mass is 288 g/mol. The summed E-state index contributed by atoms with van der Waals surface area (Å²) in [5, 5.41) is 8.52. The van der Waals surface area contributed by atoms with Crippen molar-refractivity contribution in [2.45, 2.75) is 46.3 Å². The van der Waals surface area contributed by atoms with Gasteiger partial charge in [0, 0.05) is 38.2 Å². The average Bonchev–Trinajstić information content (AvgIpc) is 2.83. The van der Waals surface area contributed by atoms with E-state index in [1.54, 1.807) is 10.7 Å². The largest absolute Gasteiger partial charge is 0.361 e. The Bertz CT molecular complexity index is 702. The molecule has 0 amide bonds. The number of hydrogen-bond acceptors (Lipinski definition) is 5. The highest BCUT2D eigenvalue weighted by molar-refractivity contribution is 5.21. The van der Waals surface area contributed by atoms with Gasteiger partial charge in [0.25, 0.3) is 5.56 Å². The van der Waals surface area contributed by atoms with Crippen molar-refractivity contribution in [1.82, 2.24) is 19.8 Å². The Balaban J connectivity index is 1.79. The summed E-state index contributed by atoms with van der Waals surface area (Å²) >= 11 is 0. The first-order valence-corrected chi connectivity index (χ1v) is 7.29. The van der Waals surface area contributed by atoms with Gasteiger partial charge in [0.15, 0.2) is 0 Å². The van der Waals surface area contributed by atoms with Gasteiger partial charge in [-0.2, -0.15) is 5.10 Å². The number of nitrogens with zero attached hydrogens (tertiary/aromatic N) is 4. The fraction of sp³-hybridized carbons (Fsp3) is 0.533. The molecule has 6 heteroatoms. The van der Waals surface area contributed by atoms with Crippen molar-refractivity contribution in [1.29, 1.82) is 0 Å². The van der Waals surface area contributed by atoms with Crippen LogP contribution in [0.3, 0.4) is 0 Å². The molecule has 1 aliphatic rings. The third kappa shape index (κ3) is 2.90. The maximum absolute atomic E-state index is 12.1. The quantitative estimate of drug-likeness (QED) is 0.859. The second-order valence-electron chi connectivity index (χ2n) is 5.88. The van der Waals surface area contributed by atoms with Crippen LogP contribution in [0.4, 0.5) is 0 Å². The molecule has 2 aromatic rings. The van der Waals surface area contributed by atoms with Crippen LogP contribution in [0.5, 0.6) is 0 Å². The maximum Gasteiger partial charge on any atom is 0.267 e. The Morgan fingerprint density at radius 1 is 1.38 bits per heavy atom. The Hall–Kier alpha value is -1.95. The van der Waals surface area contributed by atoms with Gasteiger partial charge in [0.1, 0.15) is 5.76 Å². The minimum Gasteiger partial charge on any atom is -0.361 e. The number of aryl methyl sites for hydroxylation is 1. The lowest BCUT2D eigenvalue weighted by atomic mass is 10.1. The molecular formula is C15H20N4O2. The first-order valence-electron chi connectivity index (χ1n) is 7.29. The average molecular weight is 288 g/mol. The van der Waals surface area contributed by atoms with E-state index < -0.39 is 0 Å². The van der Waals surface area contributed by atoms with E-state index in [0.29, 0.717) is 0 Å². The highest BCUT2D eigenvalue weighted by atomic mass is 16.5. The smallest absolute Gasteiger partial charge is 0.267 e. The second-order valence-corrected chi connectivity index (χ2v) is 5.88. The topological polar surface area (TPSA) is 64.2 Å². The van der Waals surface area contributed by atoms with Crippen LogP contribution in [0.25, 0.3) is 0 Å². The Labute approximate surface area is 123 Å². The molecule has 0 atom stereocenters. The third-order valence-electron chi connectivity index (χ3n) is 3.73. The number of hydrogen-bond donors (Lipinski definition) is 0. The fourth-order valence-electron chi connectivity index (χ4n) is 2.70. The van der Waals surface area contributed by atoms with Crippen LogP contribution in [0, 0.1) is 6.92 Å². The van der Waals surface area contributed by atoms with Gasteiger partial charge in [0.2, 0.25) is 0 Å². The molecular weight excluding hydrogens is 268 g/mol. The van der Waals surface area contributed by atoms with Crippen molar-refractivity contribution in [2.24, 2.45) is 0 Å². The summed E-state index contributed by atoms with van der Waals surface area (Å²) in [5.41, 5.74) is 2.97. The predicted octanol–water partition coefficient (Wildman–Crippen LogP) is 1.68. The van der Waals surface area contributed by atoms with Crippen molar-refractivity contribution in [3.05, 3.63) is 45.2 Å².